The summed E-state index contributed by atoms with van der Waals surface area (Å²) in [4.78, 5) is 1.37. The average molecular weight is 226 g/mol. The lowest BCUT2D eigenvalue weighted by molar-refractivity contribution is -0.188. The monoisotopic (exact) mass is 226 g/mol. The third-order valence-corrected chi connectivity index (χ3v) is 2.48. The molecule has 0 radical (unpaired) electrons. The third kappa shape index (κ3) is 3.62. The highest BCUT2D eigenvalue weighted by atomic mass is 19.4. The first kappa shape index (κ1) is 12.7. The van der Waals surface area contributed by atoms with Crippen LogP contribution in [0.15, 0.2) is 0 Å². The molecule has 0 aromatic heterocycles. The normalized spacial score (nSPS) is 24.6. The van der Waals surface area contributed by atoms with E-state index >= 15 is 0 Å². The van der Waals surface area contributed by atoms with E-state index in [1.807, 2.05) is 0 Å². The number of hydrogen-bond donors (Lipinski definition) is 1. The van der Waals surface area contributed by atoms with Crippen molar-refractivity contribution < 1.29 is 17.9 Å². The van der Waals surface area contributed by atoms with E-state index in [9.17, 15) is 13.2 Å². The minimum atomic E-state index is -4.27. The summed E-state index contributed by atoms with van der Waals surface area (Å²) in [6.45, 7) is 2.96. The summed E-state index contributed by atoms with van der Waals surface area (Å²) >= 11 is 0. The predicted octanol–water partition coefficient (Wildman–Crippen LogP) is 0.987. The Morgan fingerprint density at radius 3 is 2.47 bits per heavy atom. The van der Waals surface area contributed by atoms with Crippen molar-refractivity contribution in [3.05, 3.63) is 0 Å². The van der Waals surface area contributed by atoms with Crippen LogP contribution in [0.25, 0.3) is 0 Å². The maximum absolute atomic E-state index is 12.7. The highest BCUT2D eigenvalue weighted by molar-refractivity contribution is 4.86. The van der Waals surface area contributed by atoms with E-state index in [-0.39, 0.29) is 0 Å². The molecule has 1 saturated heterocycles. The Balaban J connectivity index is 2.69. The summed E-state index contributed by atoms with van der Waals surface area (Å²) in [5, 5.41) is 0. The molecule has 3 nitrogen and oxygen atoms in total. The summed E-state index contributed by atoms with van der Waals surface area (Å²) < 4.78 is 43.3. The zero-order chi connectivity index (χ0) is 11.5. The Morgan fingerprint density at radius 2 is 1.93 bits per heavy atom. The van der Waals surface area contributed by atoms with Crippen LogP contribution in [-0.4, -0.2) is 49.5 Å². The molecule has 1 heterocycles. The standard InChI is InChI=1S/C9H17F3N2O/c1-7(13)8(9(10,11)12)14-3-2-5-15-6-4-14/h7-8H,2-6,13H2,1H3. The van der Waals surface area contributed by atoms with Crippen LogP contribution in [0.3, 0.4) is 0 Å². The summed E-state index contributed by atoms with van der Waals surface area (Å²) in [6, 6.07) is -2.47. The van der Waals surface area contributed by atoms with Gasteiger partial charge in [-0.3, -0.25) is 4.90 Å². The Morgan fingerprint density at radius 1 is 1.27 bits per heavy atom. The second-order valence-electron chi connectivity index (χ2n) is 3.85. The molecule has 2 unspecified atom stereocenters. The number of nitrogens with zero attached hydrogens (tertiary/aromatic N) is 1. The second-order valence-corrected chi connectivity index (χ2v) is 3.85. The number of rotatable bonds is 2. The fourth-order valence-corrected chi connectivity index (χ4v) is 1.88. The molecule has 90 valence electrons. The lowest BCUT2D eigenvalue weighted by Gasteiger charge is -2.34. The average Bonchev–Trinajstić information content (AvgIpc) is 2.29. The van der Waals surface area contributed by atoms with E-state index in [0.717, 1.165) is 0 Å². The largest absolute Gasteiger partial charge is 0.405 e. The van der Waals surface area contributed by atoms with Crippen molar-refractivity contribution in [1.29, 1.82) is 0 Å². The molecule has 0 aliphatic carbocycles. The van der Waals surface area contributed by atoms with Gasteiger partial charge in [0.25, 0.3) is 0 Å². The van der Waals surface area contributed by atoms with Gasteiger partial charge in [0.2, 0.25) is 0 Å². The highest BCUT2D eigenvalue weighted by Gasteiger charge is 2.45. The number of ether oxygens (including phenoxy) is 1. The SMILES string of the molecule is CC(N)C(N1CCCOCC1)C(F)(F)F. The Kier molecular flexibility index (Phi) is 4.36. The second kappa shape index (κ2) is 5.14. The zero-order valence-electron chi connectivity index (χ0n) is 8.76. The van der Waals surface area contributed by atoms with Crippen LogP contribution in [0, 0.1) is 0 Å². The number of alkyl halides is 3. The van der Waals surface area contributed by atoms with E-state index in [0.29, 0.717) is 32.7 Å². The van der Waals surface area contributed by atoms with Gasteiger partial charge in [-0.2, -0.15) is 13.2 Å². The van der Waals surface area contributed by atoms with Gasteiger partial charge in [-0.05, 0) is 13.3 Å². The minimum absolute atomic E-state index is 0.297. The first-order chi connectivity index (χ1) is 6.93. The van der Waals surface area contributed by atoms with Gasteiger partial charge in [0.05, 0.1) is 6.61 Å². The van der Waals surface area contributed by atoms with Crippen molar-refractivity contribution in [2.75, 3.05) is 26.3 Å². The summed E-state index contributed by atoms with van der Waals surface area (Å²) in [7, 11) is 0. The van der Waals surface area contributed by atoms with Crippen LogP contribution in [0.2, 0.25) is 0 Å². The maximum Gasteiger partial charge on any atom is 0.405 e. The predicted molar refractivity (Wildman–Crippen MR) is 50.5 cm³/mol. The lowest BCUT2D eigenvalue weighted by Crippen LogP contribution is -2.55. The smallest absolute Gasteiger partial charge is 0.380 e. The molecule has 2 N–H and O–H groups in total. The number of hydrogen-bond acceptors (Lipinski definition) is 3. The number of nitrogens with two attached hydrogens (primary N) is 1. The van der Waals surface area contributed by atoms with Crippen molar-refractivity contribution in [3.63, 3.8) is 0 Å². The van der Waals surface area contributed by atoms with Crippen molar-refractivity contribution in [2.45, 2.75) is 31.6 Å². The molecule has 0 aromatic carbocycles. The van der Waals surface area contributed by atoms with Gasteiger partial charge in [0.15, 0.2) is 0 Å². The molecule has 2 atom stereocenters. The quantitative estimate of drug-likeness (QED) is 0.763. The van der Waals surface area contributed by atoms with Crippen molar-refractivity contribution >= 4 is 0 Å². The van der Waals surface area contributed by atoms with E-state index in [4.69, 9.17) is 10.5 Å². The summed E-state index contributed by atoms with van der Waals surface area (Å²) in [5.74, 6) is 0. The van der Waals surface area contributed by atoms with Crippen LogP contribution in [0.5, 0.6) is 0 Å². The van der Waals surface area contributed by atoms with Crippen LogP contribution in [0.4, 0.5) is 13.2 Å². The highest BCUT2D eigenvalue weighted by Crippen LogP contribution is 2.27. The summed E-state index contributed by atoms with van der Waals surface area (Å²) in [5.41, 5.74) is 5.40. The molecule has 0 amide bonds. The van der Waals surface area contributed by atoms with Gasteiger partial charge < -0.3 is 10.5 Å². The van der Waals surface area contributed by atoms with Crippen LogP contribution >= 0.6 is 0 Å². The van der Waals surface area contributed by atoms with E-state index in [1.54, 1.807) is 0 Å². The van der Waals surface area contributed by atoms with Gasteiger partial charge >= 0.3 is 6.18 Å². The van der Waals surface area contributed by atoms with Crippen molar-refractivity contribution in [1.82, 2.24) is 4.90 Å². The fraction of sp³-hybridized carbons (Fsp3) is 1.00. The van der Waals surface area contributed by atoms with Crippen molar-refractivity contribution in [3.8, 4) is 0 Å². The molecule has 0 bridgehead atoms. The first-order valence-corrected chi connectivity index (χ1v) is 5.07. The number of halogens is 3. The molecular weight excluding hydrogens is 209 g/mol. The topological polar surface area (TPSA) is 38.5 Å². The molecule has 15 heavy (non-hydrogen) atoms. The van der Waals surface area contributed by atoms with Gasteiger partial charge in [-0.25, -0.2) is 0 Å². The van der Waals surface area contributed by atoms with Crippen LogP contribution < -0.4 is 5.73 Å². The first-order valence-electron chi connectivity index (χ1n) is 5.07. The van der Waals surface area contributed by atoms with Gasteiger partial charge in [0, 0.05) is 25.7 Å². The zero-order valence-corrected chi connectivity index (χ0v) is 8.76. The van der Waals surface area contributed by atoms with Gasteiger partial charge in [-0.15, -0.1) is 0 Å². The van der Waals surface area contributed by atoms with E-state index in [2.05, 4.69) is 0 Å². The third-order valence-electron chi connectivity index (χ3n) is 2.48. The van der Waals surface area contributed by atoms with Crippen molar-refractivity contribution in [2.24, 2.45) is 5.73 Å². The van der Waals surface area contributed by atoms with Crippen LogP contribution in [0.1, 0.15) is 13.3 Å². The Labute approximate surface area is 87.4 Å². The molecule has 0 saturated carbocycles. The Hall–Kier alpha value is -0.330. The molecule has 1 rings (SSSR count). The Bertz CT molecular complexity index is 188. The minimum Gasteiger partial charge on any atom is -0.380 e. The van der Waals surface area contributed by atoms with E-state index in [1.165, 1.54) is 11.8 Å². The summed E-state index contributed by atoms with van der Waals surface area (Å²) in [6.07, 6.45) is -3.64. The fourth-order valence-electron chi connectivity index (χ4n) is 1.88. The van der Waals surface area contributed by atoms with Gasteiger partial charge in [-0.1, -0.05) is 0 Å². The molecule has 1 fully saturated rings. The lowest BCUT2D eigenvalue weighted by atomic mass is 10.1. The van der Waals surface area contributed by atoms with E-state index < -0.39 is 18.3 Å². The maximum atomic E-state index is 12.7. The molecule has 1 aliphatic rings. The van der Waals surface area contributed by atoms with Gasteiger partial charge in [0.1, 0.15) is 6.04 Å². The molecule has 6 heteroatoms. The molecule has 1 aliphatic heterocycles. The molecule has 0 aromatic rings. The molecule has 0 spiro atoms. The molecular formula is C9H17F3N2O. The van der Waals surface area contributed by atoms with Crippen LogP contribution in [-0.2, 0) is 4.74 Å².